The highest BCUT2D eigenvalue weighted by molar-refractivity contribution is 9.10. The van der Waals surface area contributed by atoms with E-state index in [0.717, 1.165) is 0 Å². The molecule has 3 nitrogen and oxygen atoms in total. The molecule has 0 radical (unpaired) electrons. The van der Waals surface area contributed by atoms with Crippen LogP contribution >= 0.6 is 15.9 Å². The van der Waals surface area contributed by atoms with Gasteiger partial charge >= 0.3 is 0 Å². The summed E-state index contributed by atoms with van der Waals surface area (Å²) in [4.78, 5) is 11.5. The van der Waals surface area contributed by atoms with Crippen LogP contribution in [-0.4, -0.2) is 11.4 Å². The van der Waals surface area contributed by atoms with Crippen molar-refractivity contribution < 1.29 is 9.21 Å². The Bertz CT molecular complexity index is 387. The molecule has 0 aromatic carbocycles. The highest BCUT2D eigenvalue weighted by Gasteiger charge is 2.19. The van der Waals surface area contributed by atoms with Crippen molar-refractivity contribution in [2.24, 2.45) is 0 Å². The van der Waals surface area contributed by atoms with Crippen LogP contribution in [0.2, 0.25) is 0 Å². The summed E-state index contributed by atoms with van der Waals surface area (Å²) >= 11 is 3.11. The monoisotopic (exact) mass is 255 g/mol. The Morgan fingerprint density at radius 2 is 2.29 bits per heavy atom. The SMILES string of the molecule is C#CC(C)(C)NC(=O)c1ccc(Br)o1. The number of rotatable bonds is 2. The van der Waals surface area contributed by atoms with E-state index in [9.17, 15) is 4.79 Å². The van der Waals surface area contributed by atoms with Gasteiger partial charge in [-0.05, 0) is 41.9 Å². The number of carbonyl (C=O) groups excluding carboxylic acids is 1. The van der Waals surface area contributed by atoms with Crippen molar-refractivity contribution in [1.82, 2.24) is 5.32 Å². The van der Waals surface area contributed by atoms with Crippen LogP contribution in [0.25, 0.3) is 0 Å². The van der Waals surface area contributed by atoms with Gasteiger partial charge in [-0.3, -0.25) is 4.79 Å². The first-order chi connectivity index (χ1) is 6.44. The summed E-state index contributed by atoms with van der Waals surface area (Å²) < 4.78 is 5.59. The Hall–Kier alpha value is -1.21. The number of hydrogen-bond donors (Lipinski definition) is 1. The second-order valence-electron chi connectivity index (χ2n) is 3.33. The fraction of sp³-hybridized carbons (Fsp3) is 0.300. The van der Waals surface area contributed by atoms with Crippen LogP contribution in [0.15, 0.2) is 21.2 Å². The van der Waals surface area contributed by atoms with Crippen molar-refractivity contribution in [3.8, 4) is 12.3 Å². The van der Waals surface area contributed by atoms with Crippen molar-refractivity contribution in [3.05, 3.63) is 22.6 Å². The molecule has 1 heterocycles. The van der Waals surface area contributed by atoms with E-state index in [-0.39, 0.29) is 11.7 Å². The minimum absolute atomic E-state index is 0.236. The predicted molar refractivity (Wildman–Crippen MR) is 56.8 cm³/mol. The Morgan fingerprint density at radius 3 is 2.71 bits per heavy atom. The molecule has 74 valence electrons. The second kappa shape index (κ2) is 3.89. The van der Waals surface area contributed by atoms with E-state index >= 15 is 0 Å². The van der Waals surface area contributed by atoms with Gasteiger partial charge in [-0.15, -0.1) is 6.42 Å². The minimum atomic E-state index is -0.670. The maximum absolute atomic E-state index is 11.5. The largest absolute Gasteiger partial charge is 0.444 e. The standard InChI is InChI=1S/C10H10BrNO2/c1-4-10(2,3)12-9(13)7-5-6-8(11)14-7/h1,5-6H,2-3H3,(H,12,13). The number of amides is 1. The van der Waals surface area contributed by atoms with Gasteiger partial charge in [0.05, 0.1) is 5.54 Å². The van der Waals surface area contributed by atoms with Crippen LogP contribution in [0.3, 0.4) is 0 Å². The molecule has 14 heavy (non-hydrogen) atoms. The van der Waals surface area contributed by atoms with Gasteiger partial charge < -0.3 is 9.73 Å². The molecular formula is C10H10BrNO2. The van der Waals surface area contributed by atoms with Gasteiger partial charge in [0, 0.05) is 0 Å². The first-order valence-electron chi connectivity index (χ1n) is 4.00. The summed E-state index contributed by atoms with van der Waals surface area (Å²) in [5.74, 6) is 2.38. The lowest BCUT2D eigenvalue weighted by atomic mass is 10.1. The number of nitrogens with one attached hydrogen (secondary N) is 1. The quantitative estimate of drug-likeness (QED) is 0.824. The first-order valence-corrected chi connectivity index (χ1v) is 4.79. The normalized spacial score (nSPS) is 10.7. The molecule has 0 bridgehead atoms. The molecule has 0 aliphatic heterocycles. The van der Waals surface area contributed by atoms with E-state index in [2.05, 4.69) is 27.2 Å². The fourth-order valence-corrected chi connectivity index (χ4v) is 1.12. The molecular weight excluding hydrogens is 246 g/mol. The van der Waals surface area contributed by atoms with E-state index in [1.165, 1.54) is 0 Å². The maximum Gasteiger partial charge on any atom is 0.288 e. The molecule has 1 rings (SSSR count). The topological polar surface area (TPSA) is 42.2 Å². The lowest BCUT2D eigenvalue weighted by Crippen LogP contribution is -2.41. The molecule has 4 heteroatoms. The molecule has 0 aliphatic rings. The van der Waals surface area contributed by atoms with E-state index in [1.54, 1.807) is 26.0 Å². The predicted octanol–water partition coefficient (Wildman–Crippen LogP) is 2.18. The summed E-state index contributed by atoms with van der Waals surface area (Å²) in [5, 5.41) is 2.65. The van der Waals surface area contributed by atoms with E-state index < -0.39 is 5.54 Å². The molecule has 0 aliphatic carbocycles. The van der Waals surface area contributed by atoms with Crippen molar-refractivity contribution in [3.63, 3.8) is 0 Å². The van der Waals surface area contributed by atoms with Crippen molar-refractivity contribution >= 4 is 21.8 Å². The van der Waals surface area contributed by atoms with Gasteiger partial charge in [-0.2, -0.15) is 0 Å². The van der Waals surface area contributed by atoms with Gasteiger partial charge in [0.2, 0.25) is 0 Å². The minimum Gasteiger partial charge on any atom is -0.444 e. The van der Waals surface area contributed by atoms with E-state index in [0.29, 0.717) is 4.67 Å². The van der Waals surface area contributed by atoms with Crippen molar-refractivity contribution in [2.75, 3.05) is 0 Å². The zero-order valence-corrected chi connectivity index (χ0v) is 9.51. The lowest BCUT2D eigenvalue weighted by molar-refractivity contribution is 0.0900. The molecule has 0 spiro atoms. The summed E-state index contributed by atoms with van der Waals surface area (Å²) in [7, 11) is 0. The van der Waals surface area contributed by atoms with Crippen molar-refractivity contribution in [1.29, 1.82) is 0 Å². The second-order valence-corrected chi connectivity index (χ2v) is 4.11. The molecule has 0 fully saturated rings. The number of terminal acetylenes is 1. The molecule has 0 unspecified atom stereocenters. The molecule has 1 aromatic heterocycles. The van der Waals surface area contributed by atoms with Gasteiger partial charge in [0.25, 0.3) is 5.91 Å². The van der Waals surface area contributed by atoms with E-state index in [4.69, 9.17) is 10.8 Å². The zero-order chi connectivity index (χ0) is 10.8. The van der Waals surface area contributed by atoms with Crippen LogP contribution in [-0.2, 0) is 0 Å². The third-order valence-corrected chi connectivity index (χ3v) is 2.01. The van der Waals surface area contributed by atoms with Crippen LogP contribution in [0.4, 0.5) is 0 Å². The summed E-state index contributed by atoms with van der Waals surface area (Å²) in [6.45, 7) is 3.48. The third kappa shape index (κ3) is 2.64. The van der Waals surface area contributed by atoms with Gasteiger partial charge in [-0.25, -0.2) is 0 Å². The molecule has 1 N–H and O–H groups in total. The fourth-order valence-electron chi connectivity index (χ4n) is 0.818. The van der Waals surface area contributed by atoms with Crippen molar-refractivity contribution in [2.45, 2.75) is 19.4 Å². The van der Waals surface area contributed by atoms with Crippen LogP contribution in [0.5, 0.6) is 0 Å². The van der Waals surface area contributed by atoms with Gasteiger partial charge in [0.1, 0.15) is 0 Å². The third-order valence-electron chi connectivity index (χ3n) is 1.58. The molecule has 1 amide bonds. The maximum atomic E-state index is 11.5. The summed E-state index contributed by atoms with van der Waals surface area (Å²) in [6.07, 6.45) is 5.23. The highest BCUT2D eigenvalue weighted by atomic mass is 79.9. The molecule has 0 saturated heterocycles. The van der Waals surface area contributed by atoms with E-state index in [1.807, 2.05) is 0 Å². The number of hydrogen-bond acceptors (Lipinski definition) is 2. The molecule has 1 aromatic rings. The number of furan rings is 1. The Labute approximate surface area is 91.0 Å². The highest BCUT2D eigenvalue weighted by Crippen LogP contribution is 2.14. The molecule has 0 saturated carbocycles. The smallest absolute Gasteiger partial charge is 0.288 e. The summed E-state index contributed by atoms with van der Waals surface area (Å²) in [6, 6.07) is 3.23. The Balaban J connectivity index is 2.74. The average Bonchev–Trinajstić information content (AvgIpc) is 2.51. The number of carbonyl (C=O) groups is 1. The first kappa shape index (κ1) is 10.9. The van der Waals surface area contributed by atoms with Crippen LogP contribution in [0.1, 0.15) is 24.4 Å². The van der Waals surface area contributed by atoms with Gasteiger partial charge in [0.15, 0.2) is 10.4 Å². The molecule has 0 atom stereocenters. The zero-order valence-electron chi connectivity index (χ0n) is 7.93. The Morgan fingerprint density at radius 1 is 1.64 bits per heavy atom. The number of halogens is 1. The van der Waals surface area contributed by atoms with Gasteiger partial charge in [-0.1, -0.05) is 5.92 Å². The van der Waals surface area contributed by atoms with Crippen LogP contribution in [0, 0.1) is 12.3 Å². The average molecular weight is 256 g/mol. The van der Waals surface area contributed by atoms with Crippen LogP contribution < -0.4 is 5.32 Å². The Kier molecular flexibility index (Phi) is 3.02. The summed E-state index contributed by atoms with van der Waals surface area (Å²) in [5.41, 5.74) is -0.670. The lowest BCUT2D eigenvalue weighted by Gasteiger charge is -2.18.